The third-order valence-corrected chi connectivity index (χ3v) is 10.1. The summed E-state index contributed by atoms with van der Waals surface area (Å²) < 4.78 is 102. The van der Waals surface area contributed by atoms with Crippen molar-refractivity contribution in [1.29, 1.82) is 0 Å². The van der Waals surface area contributed by atoms with Gasteiger partial charge in [0.25, 0.3) is 16.0 Å². The average Bonchev–Trinajstić information content (AvgIpc) is 3.52. The fraction of sp³-hybridized carbons (Fsp3) is 0.387. The molecule has 2 fully saturated rings. The zero-order valence-electron chi connectivity index (χ0n) is 25.0. The molecule has 254 valence electrons. The Morgan fingerprint density at radius 2 is 2.00 bits per heavy atom. The van der Waals surface area contributed by atoms with E-state index in [1.165, 1.54) is 35.6 Å². The van der Waals surface area contributed by atoms with E-state index in [4.69, 9.17) is 13.8 Å². The molecule has 1 amide bonds. The lowest BCUT2D eigenvalue weighted by atomic mass is 10.0. The number of hydrogen-bond donors (Lipinski definition) is 2. The van der Waals surface area contributed by atoms with E-state index in [0.717, 1.165) is 24.6 Å². The monoisotopic (exact) mass is 708 g/mol. The third kappa shape index (κ3) is 6.90. The maximum absolute atomic E-state index is 15.1. The van der Waals surface area contributed by atoms with Gasteiger partial charge in [0.05, 0.1) is 23.2 Å². The molecule has 2 atom stereocenters. The molecule has 2 aromatic heterocycles. The number of alkyl halides is 3. The van der Waals surface area contributed by atoms with Gasteiger partial charge >= 0.3 is 6.36 Å². The Kier molecular flexibility index (Phi) is 8.41. The number of thiazole rings is 1. The number of para-hydroxylation sites is 1. The number of rotatable bonds is 11. The van der Waals surface area contributed by atoms with Crippen LogP contribution in [0.25, 0.3) is 21.5 Å². The second-order valence-corrected chi connectivity index (χ2v) is 14.4. The van der Waals surface area contributed by atoms with Crippen LogP contribution in [0, 0.1) is 5.82 Å². The third-order valence-electron chi connectivity index (χ3n) is 8.42. The normalized spacial score (nSPS) is 19.5. The number of benzene rings is 2. The van der Waals surface area contributed by atoms with Crippen LogP contribution in [0.5, 0.6) is 5.75 Å². The summed E-state index contributed by atoms with van der Waals surface area (Å²) in [5.41, 5.74) is 2.04. The van der Waals surface area contributed by atoms with Gasteiger partial charge in [-0.05, 0) is 49.9 Å². The van der Waals surface area contributed by atoms with E-state index >= 15 is 4.39 Å². The summed E-state index contributed by atoms with van der Waals surface area (Å²) in [7, 11) is -4.26. The van der Waals surface area contributed by atoms with Crippen LogP contribution in [0.15, 0.2) is 52.7 Å². The Morgan fingerprint density at radius 1 is 1.21 bits per heavy atom. The van der Waals surface area contributed by atoms with E-state index in [2.05, 4.69) is 26.3 Å². The highest BCUT2D eigenvalue weighted by molar-refractivity contribution is 7.85. The number of carbonyl (C=O) groups is 1. The second-order valence-electron chi connectivity index (χ2n) is 11.9. The van der Waals surface area contributed by atoms with Gasteiger partial charge in [0.2, 0.25) is 0 Å². The minimum Gasteiger partial charge on any atom is -0.405 e. The molecule has 4 heterocycles. The first kappa shape index (κ1) is 32.5. The molecule has 4 aromatic rings. The molecule has 7 rings (SSSR count). The fourth-order valence-corrected chi connectivity index (χ4v) is 7.63. The molecule has 2 unspecified atom stereocenters. The first-order chi connectivity index (χ1) is 22.8. The summed E-state index contributed by atoms with van der Waals surface area (Å²) in [6.07, 6.45) is 0.587. The van der Waals surface area contributed by atoms with Gasteiger partial charge in [-0.15, -0.1) is 13.2 Å². The highest BCUT2D eigenvalue weighted by Gasteiger charge is 2.40. The summed E-state index contributed by atoms with van der Waals surface area (Å²) in [5, 5.41) is 7.05. The van der Waals surface area contributed by atoms with Crippen molar-refractivity contribution in [3.63, 3.8) is 0 Å². The smallest absolute Gasteiger partial charge is 0.405 e. The number of nitrogens with zero attached hydrogens (tertiary/aromatic N) is 3. The molecule has 0 radical (unpaired) electrons. The van der Waals surface area contributed by atoms with Crippen LogP contribution < -0.4 is 15.0 Å². The fourth-order valence-electron chi connectivity index (χ4n) is 6.14. The Hall–Kier alpha value is -4.06. The van der Waals surface area contributed by atoms with Crippen LogP contribution in [-0.2, 0) is 21.5 Å². The Balaban J connectivity index is 1.06. The number of ether oxygens (including phenoxy) is 2. The highest BCUT2D eigenvalue weighted by atomic mass is 32.2. The zero-order valence-corrected chi connectivity index (χ0v) is 26.6. The van der Waals surface area contributed by atoms with Gasteiger partial charge in [-0.1, -0.05) is 34.7 Å². The minimum atomic E-state index is -4.88. The Bertz CT molecular complexity index is 2020. The van der Waals surface area contributed by atoms with Crippen molar-refractivity contribution in [2.75, 3.05) is 17.2 Å². The van der Waals surface area contributed by atoms with Crippen molar-refractivity contribution in [2.45, 2.75) is 63.1 Å². The van der Waals surface area contributed by atoms with Crippen LogP contribution >= 0.6 is 11.3 Å². The molecule has 1 saturated heterocycles. The molecular formula is C31H28F4N4O7S2. The van der Waals surface area contributed by atoms with Crippen molar-refractivity contribution in [3.8, 4) is 17.0 Å². The van der Waals surface area contributed by atoms with Crippen molar-refractivity contribution in [2.24, 2.45) is 0 Å². The van der Waals surface area contributed by atoms with Crippen LogP contribution in [-0.4, -0.2) is 59.8 Å². The lowest BCUT2D eigenvalue weighted by Crippen LogP contribution is -2.39. The number of anilines is 1. The van der Waals surface area contributed by atoms with Crippen molar-refractivity contribution < 1.29 is 49.3 Å². The van der Waals surface area contributed by atoms with Gasteiger partial charge in [-0.3, -0.25) is 9.35 Å². The molecule has 48 heavy (non-hydrogen) atoms. The van der Waals surface area contributed by atoms with Crippen molar-refractivity contribution in [3.05, 3.63) is 70.9 Å². The average molecular weight is 709 g/mol. The van der Waals surface area contributed by atoms with Crippen LogP contribution in [0.4, 0.5) is 22.7 Å². The number of nitrogens with one attached hydrogen (secondary N) is 1. The first-order valence-electron chi connectivity index (χ1n) is 15.1. The van der Waals surface area contributed by atoms with E-state index in [1.807, 2.05) is 4.90 Å². The highest BCUT2D eigenvalue weighted by Crippen LogP contribution is 2.47. The first-order valence-corrected chi connectivity index (χ1v) is 17.5. The van der Waals surface area contributed by atoms with E-state index in [0.29, 0.717) is 40.4 Å². The quantitative estimate of drug-likeness (QED) is 0.134. The van der Waals surface area contributed by atoms with E-state index in [9.17, 15) is 26.4 Å². The van der Waals surface area contributed by atoms with E-state index < -0.39 is 34.0 Å². The number of amides is 1. The van der Waals surface area contributed by atoms with Crippen molar-refractivity contribution >= 4 is 42.7 Å². The minimum absolute atomic E-state index is 0.00824. The number of carbonyl (C=O) groups excluding carboxylic acids is 1. The maximum Gasteiger partial charge on any atom is 0.573 e. The summed E-state index contributed by atoms with van der Waals surface area (Å²) >= 11 is 1.22. The lowest BCUT2D eigenvalue weighted by molar-refractivity contribution is -0.274. The Labute approximate surface area is 275 Å². The molecule has 2 aromatic carbocycles. The van der Waals surface area contributed by atoms with Gasteiger partial charge in [0.15, 0.2) is 10.9 Å². The molecule has 17 heteroatoms. The van der Waals surface area contributed by atoms with Crippen LogP contribution in [0.1, 0.15) is 59.7 Å². The molecule has 1 saturated carbocycles. The summed E-state index contributed by atoms with van der Waals surface area (Å²) in [6.45, 7) is -0.255. The van der Waals surface area contributed by atoms with Gasteiger partial charge in [0, 0.05) is 47.3 Å². The van der Waals surface area contributed by atoms with Gasteiger partial charge in [-0.25, -0.2) is 9.37 Å². The maximum atomic E-state index is 15.1. The summed E-state index contributed by atoms with van der Waals surface area (Å²) in [4.78, 5) is 19.1. The lowest BCUT2D eigenvalue weighted by Gasteiger charge is -2.36. The van der Waals surface area contributed by atoms with Gasteiger partial charge in [-0.2, -0.15) is 8.42 Å². The molecular weight excluding hydrogens is 680 g/mol. The molecule has 3 aliphatic rings. The van der Waals surface area contributed by atoms with Crippen molar-refractivity contribution in [1.82, 2.24) is 15.5 Å². The predicted molar refractivity (Wildman–Crippen MR) is 166 cm³/mol. The van der Waals surface area contributed by atoms with Gasteiger partial charge in [0.1, 0.15) is 22.7 Å². The van der Waals surface area contributed by atoms with Crippen LogP contribution in [0.3, 0.4) is 0 Å². The SMILES string of the molecule is O=C(NCCS(=O)(=O)O)c1cc(F)c2nc(N3C4=CCC3CC(OCc3c(-c5ccccc5OC(F)(F)F)noc3C3CC3)C4)sc2c1. The molecule has 2 aliphatic heterocycles. The predicted octanol–water partition coefficient (Wildman–Crippen LogP) is 6.33. The number of halogens is 4. The van der Waals surface area contributed by atoms with E-state index in [-0.39, 0.29) is 59.3 Å². The summed E-state index contributed by atoms with van der Waals surface area (Å²) in [5.74, 6) is -1.70. The topological polar surface area (TPSA) is 144 Å². The molecule has 2 N–H and O–H groups in total. The number of fused-ring (bicyclic) bond motifs is 3. The number of aromatic nitrogens is 2. The van der Waals surface area contributed by atoms with Crippen LogP contribution in [0.2, 0.25) is 0 Å². The second kappa shape index (κ2) is 12.4. The standard InChI is InChI=1S/C31H28F4N4O7S2/c32-23-11-17(29(40)36-9-10-48(41,42)43)12-25-27(23)37-30(47-25)39-18-7-8-19(39)14-20(13-18)44-15-22-26(38-46-28(22)16-5-6-16)21-3-1-2-4-24(21)45-31(33,34)35/h1-4,7,11-12,16,19-20H,5-6,8-10,13-15H2,(H,36,40)(H,41,42,43). The van der Waals surface area contributed by atoms with E-state index in [1.54, 1.807) is 6.07 Å². The number of piperidine rings is 1. The zero-order chi connectivity index (χ0) is 33.8. The Morgan fingerprint density at radius 3 is 2.73 bits per heavy atom. The number of hydrogen-bond acceptors (Lipinski definition) is 10. The summed E-state index contributed by atoms with van der Waals surface area (Å²) in [6, 6.07) is 8.28. The van der Waals surface area contributed by atoms with Gasteiger partial charge < -0.3 is 24.2 Å². The largest absolute Gasteiger partial charge is 0.573 e. The molecule has 2 bridgehead atoms. The molecule has 11 nitrogen and oxygen atoms in total. The molecule has 0 spiro atoms. The molecule has 1 aliphatic carbocycles.